The molecule has 85 valence electrons. The van der Waals surface area contributed by atoms with Crippen molar-refractivity contribution in [2.24, 2.45) is 0 Å². The van der Waals surface area contributed by atoms with Crippen LogP contribution >= 0.6 is 0 Å². The third-order valence-electron chi connectivity index (χ3n) is 2.47. The van der Waals surface area contributed by atoms with Gasteiger partial charge in [-0.1, -0.05) is 12.1 Å². The number of carbonyl (C=O) groups excluding carboxylic acids is 1. The molecule has 1 saturated heterocycles. The van der Waals surface area contributed by atoms with E-state index in [0.29, 0.717) is 19.8 Å². The summed E-state index contributed by atoms with van der Waals surface area (Å²) in [5, 5.41) is 2.85. The number of hydrogen-bond acceptors (Lipinski definition) is 3. The molecule has 1 aliphatic rings. The number of amides is 1. The normalized spacial score (nSPS) is 17.0. The van der Waals surface area contributed by atoms with E-state index in [0.717, 1.165) is 18.8 Å². The number of nitrogens with zero attached hydrogens (tertiary/aromatic N) is 1. The van der Waals surface area contributed by atoms with Crippen LogP contribution in [0.25, 0.3) is 0 Å². The maximum Gasteiger partial charge on any atom is 0.238 e. The lowest BCUT2D eigenvalue weighted by molar-refractivity contribution is -0.118. The van der Waals surface area contributed by atoms with E-state index >= 15 is 0 Å². The number of carbonyl (C=O) groups is 1. The number of anilines is 1. The second-order valence-corrected chi connectivity index (χ2v) is 3.73. The highest BCUT2D eigenvalue weighted by atomic mass is 16.5. The first-order chi connectivity index (χ1) is 7.84. The number of rotatable bonds is 3. The molecule has 1 heterocycles. The van der Waals surface area contributed by atoms with Crippen molar-refractivity contribution in [2.75, 3.05) is 38.2 Å². The van der Waals surface area contributed by atoms with Crippen molar-refractivity contribution in [3.8, 4) is 0 Å². The van der Waals surface area contributed by atoms with Crippen LogP contribution < -0.4 is 5.32 Å². The van der Waals surface area contributed by atoms with Crippen molar-refractivity contribution in [1.82, 2.24) is 4.90 Å². The molecule has 0 bridgehead atoms. The fraction of sp³-hybridized carbons (Fsp3) is 0.417. The topological polar surface area (TPSA) is 41.6 Å². The summed E-state index contributed by atoms with van der Waals surface area (Å²) in [5.74, 6) is 0.0214. The van der Waals surface area contributed by atoms with Gasteiger partial charge in [0, 0.05) is 18.8 Å². The Labute approximate surface area is 95.2 Å². The third-order valence-corrected chi connectivity index (χ3v) is 2.47. The Morgan fingerprint density at radius 1 is 1.38 bits per heavy atom. The average Bonchev–Trinajstić information content (AvgIpc) is 2.31. The summed E-state index contributed by atoms with van der Waals surface area (Å²) < 4.78 is 5.22. The highest BCUT2D eigenvalue weighted by Gasteiger charge is 2.13. The van der Waals surface area contributed by atoms with E-state index in [1.807, 2.05) is 12.1 Å². The zero-order valence-electron chi connectivity index (χ0n) is 9.11. The van der Waals surface area contributed by atoms with Gasteiger partial charge in [-0.25, -0.2) is 0 Å². The minimum atomic E-state index is 0.0214. The molecule has 1 aliphatic heterocycles. The smallest absolute Gasteiger partial charge is 0.238 e. The third kappa shape index (κ3) is 3.32. The van der Waals surface area contributed by atoms with Crippen LogP contribution in [0.3, 0.4) is 0 Å². The van der Waals surface area contributed by atoms with Gasteiger partial charge in [0.2, 0.25) is 5.91 Å². The van der Waals surface area contributed by atoms with E-state index in [2.05, 4.69) is 16.3 Å². The molecule has 4 nitrogen and oxygen atoms in total. The van der Waals surface area contributed by atoms with E-state index in [-0.39, 0.29) is 5.91 Å². The van der Waals surface area contributed by atoms with Crippen LogP contribution in [0.4, 0.5) is 5.69 Å². The van der Waals surface area contributed by atoms with Crippen molar-refractivity contribution < 1.29 is 9.53 Å². The highest BCUT2D eigenvalue weighted by Crippen LogP contribution is 2.05. The molecule has 1 fully saturated rings. The average molecular weight is 219 g/mol. The number of ether oxygens (including phenoxy) is 1. The van der Waals surface area contributed by atoms with Gasteiger partial charge in [-0.2, -0.15) is 0 Å². The van der Waals surface area contributed by atoms with E-state index in [1.165, 1.54) is 0 Å². The van der Waals surface area contributed by atoms with Gasteiger partial charge in [0.25, 0.3) is 0 Å². The van der Waals surface area contributed by atoms with Gasteiger partial charge in [0.15, 0.2) is 0 Å². The van der Waals surface area contributed by atoms with E-state index in [9.17, 15) is 4.79 Å². The first kappa shape index (κ1) is 11.1. The van der Waals surface area contributed by atoms with E-state index in [4.69, 9.17) is 4.74 Å². The molecule has 1 aromatic rings. The minimum absolute atomic E-state index is 0.0214. The molecular weight excluding hydrogens is 204 g/mol. The van der Waals surface area contributed by atoms with Gasteiger partial charge in [0.1, 0.15) is 0 Å². The number of morpholine rings is 1. The zero-order chi connectivity index (χ0) is 11.2. The van der Waals surface area contributed by atoms with Crippen molar-refractivity contribution in [2.45, 2.75) is 0 Å². The summed E-state index contributed by atoms with van der Waals surface area (Å²) in [6.45, 7) is 3.52. The molecular formula is C12H15N2O2. The second-order valence-electron chi connectivity index (χ2n) is 3.73. The van der Waals surface area contributed by atoms with Crippen LogP contribution in [0.2, 0.25) is 0 Å². The number of hydrogen-bond donors (Lipinski definition) is 1. The SMILES string of the molecule is O=C(CN1CCOCC1)Nc1cc[c]cc1. The van der Waals surface area contributed by atoms with Crippen LogP contribution in [0.15, 0.2) is 24.3 Å². The van der Waals surface area contributed by atoms with E-state index < -0.39 is 0 Å². The van der Waals surface area contributed by atoms with Crippen molar-refractivity contribution in [3.63, 3.8) is 0 Å². The van der Waals surface area contributed by atoms with Crippen LogP contribution in [0.5, 0.6) is 0 Å². The standard InChI is InChI=1S/C12H15N2O2/c15-12(10-14-6-8-16-9-7-14)13-11-4-2-1-3-5-11/h2-5H,6-10H2,(H,13,15). The molecule has 1 N–H and O–H groups in total. The predicted octanol–water partition coefficient (Wildman–Crippen LogP) is 0.757. The molecule has 1 aromatic carbocycles. The van der Waals surface area contributed by atoms with Crippen molar-refractivity contribution in [3.05, 3.63) is 30.3 Å². The van der Waals surface area contributed by atoms with Crippen LogP contribution in [-0.2, 0) is 9.53 Å². The Morgan fingerprint density at radius 3 is 2.75 bits per heavy atom. The molecule has 1 radical (unpaired) electrons. The number of benzene rings is 1. The monoisotopic (exact) mass is 219 g/mol. The zero-order valence-corrected chi connectivity index (χ0v) is 9.11. The molecule has 0 saturated carbocycles. The summed E-state index contributed by atoms with van der Waals surface area (Å²) >= 11 is 0. The largest absolute Gasteiger partial charge is 0.379 e. The highest BCUT2D eigenvalue weighted by molar-refractivity contribution is 5.92. The molecule has 0 spiro atoms. The fourth-order valence-electron chi connectivity index (χ4n) is 1.63. The van der Waals surface area contributed by atoms with Gasteiger partial charge in [0.05, 0.1) is 19.8 Å². The van der Waals surface area contributed by atoms with Gasteiger partial charge in [-0.15, -0.1) is 0 Å². The summed E-state index contributed by atoms with van der Waals surface area (Å²) in [5.41, 5.74) is 0.817. The van der Waals surface area contributed by atoms with Crippen LogP contribution in [0, 0.1) is 6.07 Å². The molecule has 0 aromatic heterocycles. The predicted molar refractivity (Wildman–Crippen MR) is 61.2 cm³/mol. The molecule has 2 rings (SSSR count). The Kier molecular flexibility index (Phi) is 3.91. The lowest BCUT2D eigenvalue weighted by Crippen LogP contribution is -2.41. The molecule has 0 atom stereocenters. The first-order valence-corrected chi connectivity index (χ1v) is 5.41. The Hall–Kier alpha value is -1.39. The maximum absolute atomic E-state index is 11.7. The maximum atomic E-state index is 11.7. The molecule has 16 heavy (non-hydrogen) atoms. The summed E-state index contributed by atoms with van der Waals surface area (Å²) in [7, 11) is 0. The molecule has 0 unspecified atom stereocenters. The minimum Gasteiger partial charge on any atom is -0.379 e. The lowest BCUT2D eigenvalue weighted by Gasteiger charge is -2.25. The van der Waals surface area contributed by atoms with Gasteiger partial charge in [-0.05, 0) is 18.2 Å². The molecule has 1 amide bonds. The Bertz CT molecular complexity index is 334. The fourth-order valence-corrected chi connectivity index (χ4v) is 1.63. The van der Waals surface area contributed by atoms with Gasteiger partial charge >= 0.3 is 0 Å². The lowest BCUT2D eigenvalue weighted by atomic mass is 10.3. The first-order valence-electron chi connectivity index (χ1n) is 5.41. The number of nitrogens with one attached hydrogen (secondary N) is 1. The summed E-state index contributed by atoms with van der Waals surface area (Å²) in [6.07, 6.45) is 0. The van der Waals surface area contributed by atoms with Crippen molar-refractivity contribution in [1.29, 1.82) is 0 Å². The molecule has 4 heteroatoms. The van der Waals surface area contributed by atoms with Crippen LogP contribution in [-0.4, -0.2) is 43.7 Å². The quantitative estimate of drug-likeness (QED) is 0.816. The second kappa shape index (κ2) is 5.63. The van der Waals surface area contributed by atoms with E-state index in [1.54, 1.807) is 12.1 Å². The van der Waals surface area contributed by atoms with Gasteiger partial charge in [-0.3, -0.25) is 9.69 Å². The summed E-state index contributed by atoms with van der Waals surface area (Å²) in [4.78, 5) is 13.8. The molecule has 0 aliphatic carbocycles. The van der Waals surface area contributed by atoms with Crippen molar-refractivity contribution >= 4 is 11.6 Å². The van der Waals surface area contributed by atoms with Crippen LogP contribution in [0.1, 0.15) is 0 Å². The van der Waals surface area contributed by atoms with Gasteiger partial charge < -0.3 is 10.1 Å². The summed E-state index contributed by atoms with van der Waals surface area (Å²) in [6, 6.07) is 10.1. The Balaban J connectivity index is 1.80. The Morgan fingerprint density at radius 2 is 2.06 bits per heavy atom.